The molecule has 0 fully saturated rings. The standard InChI is InChI=1S/C30H66O6S3Si2/c1-7-13-21-31-40(32-22-14-8-2,33-23-15-9-3)29-19-27-37-39-38-28-20-30-41(34-24-16-10-4,35-25-17-11-5)36-26-18-12-6/h7-30H2,1-6H3. The van der Waals surface area contributed by atoms with Crippen molar-refractivity contribution in [3.63, 3.8) is 0 Å². The van der Waals surface area contributed by atoms with E-state index in [1.807, 2.05) is 31.4 Å². The van der Waals surface area contributed by atoms with Crippen LogP contribution in [0.1, 0.15) is 131 Å². The summed E-state index contributed by atoms with van der Waals surface area (Å²) in [5.74, 6) is 2.16. The third-order valence-corrected chi connectivity index (χ3v) is 16.6. The monoisotopic (exact) mass is 674 g/mol. The van der Waals surface area contributed by atoms with Gasteiger partial charge in [-0.3, -0.25) is 0 Å². The topological polar surface area (TPSA) is 55.4 Å². The van der Waals surface area contributed by atoms with E-state index in [4.69, 9.17) is 26.6 Å². The molecule has 0 aliphatic heterocycles. The fourth-order valence-electron chi connectivity index (χ4n) is 3.71. The fraction of sp³-hybridized carbons (Fsp3) is 1.00. The lowest BCUT2D eigenvalue weighted by Crippen LogP contribution is -2.46. The zero-order valence-corrected chi connectivity index (χ0v) is 32.1. The SMILES string of the molecule is CCCCO[Si](CCCSSSCCC[Si](OCCCC)(OCCCC)OCCCC)(OCCCC)OCCCC. The van der Waals surface area contributed by atoms with Crippen LogP contribution in [0.3, 0.4) is 0 Å². The van der Waals surface area contributed by atoms with Gasteiger partial charge in [-0.25, -0.2) is 0 Å². The van der Waals surface area contributed by atoms with Crippen molar-refractivity contribution >= 4 is 49.0 Å². The number of unbranched alkanes of at least 4 members (excludes halogenated alkanes) is 6. The second-order valence-corrected chi connectivity index (χ2v) is 20.4. The summed E-state index contributed by atoms with van der Waals surface area (Å²) in [6.45, 7) is 17.7. The van der Waals surface area contributed by atoms with Gasteiger partial charge in [0.05, 0.1) is 0 Å². The van der Waals surface area contributed by atoms with Gasteiger partial charge in [0.2, 0.25) is 0 Å². The van der Waals surface area contributed by atoms with E-state index in [2.05, 4.69) is 41.5 Å². The number of hydrogen-bond donors (Lipinski definition) is 0. The molecule has 0 aliphatic rings. The molecule has 41 heavy (non-hydrogen) atoms. The largest absolute Gasteiger partial charge is 0.500 e. The number of hydrogen-bond acceptors (Lipinski definition) is 9. The van der Waals surface area contributed by atoms with E-state index in [1.54, 1.807) is 0 Å². The van der Waals surface area contributed by atoms with Gasteiger partial charge in [-0.1, -0.05) is 102 Å². The third kappa shape index (κ3) is 24.2. The van der Waals surface area contributed by atoms with E-state index >= 15 is 0 Å². The smallest absolute Gasteiger partial charge is 0.373 e. The van der Waals surface area contributed by atoms with Crippen molar-refractivity contribution in [3.8, 4) is 0 Å². The molecule has 0 N–H and O–H groups in total. The second-order valence-electron chi connectivity index (χ2n) is 10.5. The molecule has 0 amide bonds. The first kappa shape index (κ1) is 42.2. The van der Waals surface area contributed by atoms with Crippen LogP contribution in [0.2, 0.25) is 12.1 Å². The summed E-state index contributed by atoms with van der Waals surface area (Å²) < 4.78 is 38.4. The quantitative estimate of drug-likeness (QED) is 0.0377. The van der Waals surface area contributed by atoms with Crippen molar-refractivity contribution in [2.75, 3.05) is 51.1 Å². The highest BCUT2D eigenvalue weighted by Crippen LogP contribution is 2.37. The molecular weight excluding hydrogens is 609 g/mol. The maximum Gasteiger partial charge on any atom is 0.500 e. The molecule has 0 atom stereocenters. The minimum atomic E-state index is -2.62. The predicted octanol–water partition coefficient (Wildman–Crippen LogP) is 10.6. The van der Waals surface area contributed by atoms with Crippen molar-refractivity contribution in [1.82, 2.24) is 0 Å². The lowest BCUT2D eigenvalue weighted by Gasteiger charge is -2.30. The summed E-state index contributed by atoms with van der Waals surface area (Å²) in [6.07, 6.45) is 15.3. The maximum absolute atomic E-state index is 6.40. The molecule has 0 saturated carbocycles. The van der Waals surface area contributed by atoms with Crippen LogP contribution in [0.5, 0.6) is 0 Å². The molecule has 0 aromatic rings. The van der Waals surface area contributed by atoms with Crippen LogP contribution in [-0.4, -0.2) is 68.8 Å². The minimum Gasteiger partial charge on any atom is -0.373 e. The highest BCUT2D eigenvalue weighted by atomic mass is 33.5. The van der Waals surface area contributed by atoms with Crippen LogP contribution >= 0.6 is 31.4 Å². The molecule has 248 valence electrons. The van der Waals surface area contributed by atoms with Gasteiger partial charge >= 0.3 is 17.6 Å². The molecule has 0 aromatic carbocycles. The van der Waals surface area contributed by atoms with Crippen molar-refractivity contribution in [2.24, 2.45) is 0 Å². The summed E-state index contributed by atoms with van der Waals surface area (Å²) in [5, 5.41) is 0. The first-order valence-corrected chi connectivity index (χ1v) is 24.5. The Hall–Kier alpha value is 1.24. The van der Waals surface area contributed by atoms with Gasteiger partial charge in [0.15, 0.2) is 0 Å². The van der Waals surface area contributed by atoms with Gasteiger partial charge in [0, 0.05) is 63.2 Å². The van der Waals surface area contributed by atoms with Crippen LogP contribution < -0.4 is 0 Å². The highest BCUT2D eigenvalue weighted by Gasteiger charge is 2.41. The summed E-state index contributed by atoms with van der Waals surface area (Å²) in [4.78, 5) is 0. The van der Waals surface area contributed by atoms with E-state index in [0.29, 0.717) is 0 Å². The molecule has 0 aliphatic carbocycles. The molecule has 0 bridgehead atoms. The molecule has 0 saturated heterocycles. The molecule has 6 nitrogen and oxygen atoms in total. The van der Waals surface area contributed by atoms with Gasteiger partial charge in [0.25, 0.3) is 0 Å². The highest BCUT2D eigenvalue weighted by molar-refractivity contribution is 9.09. The molecule has 0 aromatic heterocycles. The lowest BCUT2D eigenvalue weighted by molar-refractivity contribution is 0.0555. The molecule has 0 radical (unpaired) electrons. The summed E-state index contributed by atoms with van der Waals surface area (Å²) in [6, 6.07) is 1.82. The van der Waals surface area contributed by atoms with Gasteiger partial charge in [-0.05, 0) is 61.2 Å². The van der Waals surface area contributed by atoms with Gasteiger partial charge in [0.1, 0.15) is 0 Å². The van der Waals surface area contributed by atoms with Gasteiger partial charge in [-0.15, -0.1) is 0 Å². The van der Waals surface area contributed by atoms with Crippen LogP contribution in [0.4, 0.5) is 0 Å². The molecule has 0 spiro atoms. The van der Waals surface area contributed by atoms with Crippen molar-refractivity contribution in [2.45, 2.75) is 144 Å². The minimum absolute atomic E-state index is 0.746. The maximum atomic E-state index is 6.40. The molecule has 11 heteroatoms. The second kappa shape index (κ2) is 31.2. The summed E-state index contributed by atoms with van der Waals surface area (Å²) >= 11 is 0. The summed E-state index contributed by atoms with van der Waals surface area (Å²) in [7, 11) is 0.547. The lowest BCUT2D eigenvalue weighted by atomic mass is 10.4. The Morgan fingerprint density at radius 3 is 0.829 bits per heavy atom. The van der Waals surface area contributed by atoms with E-state index in [1.165, 1.54) is 0 Å². The van der Waals surface area contributed by atoms with E-state index < -0.39 is 17.6 Å². The fourth-order valence-corrected chi connectivity index (χ4v) is 13.4. The first-order chi connectivity index (χ1) is 20.1. The molecular formula is C30H66O6S3Si2. The normalized spacial score (nSPS) is 12.4. The van der Waals surface area contributed by atoms with Crippen molar-refractivity contribution < 1.29 is 26.6 Å². The number of rotatable bonds is 34. The van der Waals surface area contributed by atoms with Crippen LogP contribution in [-0.2, 0) is 26.6 Å². The van der Waals surface area contributed by atoms with Crippen molar-refractivity contribution in [1.29, 1.82) is 0 Å². The van der Waals surface area contributed by atoms with Crippen molar-refractivity contribution in [3.05, 3.63) is 0 Å². The molecule has 0 rings (SSSR count). The van der Waals surface area contributed by atoms with E-state index in [0.717, 1.165) is 153 Å². The first-order valence-electron chi connectivity index (χ1n) is 16.8. The Labute approximate surface area is 269 Å². The van der Waals surface area contributed by atoms with E-state index in [9.17, 15) is 0 Å². The van der Waals surface area contributed by atoms with E-state index in [-0.39, 0.29) is 0 Å². The Balaban J connectivity index is 4.67. The zero-order chi connectivity index (χ0) is 30.3. The Morgan fingerprint density at radius 1 is 0.366 bits per heavy atom. The average Bonchev–Trinajstić information content (AvgIpc) is 2.97. The van der Waals surface area contributed by atoms with Gasteiger partial charge < -0.3 is 26.6 Å². The van der Waals surface area contributed by atoms with Crippen LogP contribution in [0, 0.1) is 0 Å². The zero-order valence-electron chi connectivity index (χ0n) is 27.6. The van der Waals surface area contributed by atoms with Crippen LogP contribution in [0.15, 0.2) is 0 Å². The molecule has 0 heterocycles. The third-order valence-electron chi connectivity index (χ3n) is 6.44. The summed E-state index contributed by atoms with van der Waals surface area (Å²) in [5.41, 5.74) is 0. The Kier molecular flexibility index (Phi) is 32.2. The Morgan fingerprint density at radius 2 is 0.610 bits per heavy atom. The Bertz CT molecular complexity index is 443. The van der Waals surface area contributed by atoms with Gasteiger partial charge in [-0.2, -0.15) is 0 Å². The molecule has 0 unspecified atom stereocenters. The predicted molar refractivity (Wildman–Crippen MR) is 188 cm³/mol. The van der Waals surface area contributed by atoms with Crippen LogP contribution in [0.25, 0.3) is 0 Å². The average molecular weight is 675 g/mol.